The van der Waals surface area contributed by atoms with Crippen molar-refractivity contribution in [1.29, 1.82) is 0 Å². The zero-order chi connectivity index (χ0) is 26.6. The van der Waals surface area contributed by atoms with E-state index in [1.54, 1.807) is 4.90 Å². The van der Waals surface area contributed by atoms with Crippen molar-refractivity contribution in [2.45, 2.75) is 58.5 Å². The minimum Gasteiger partial charge on any atom is -0.376 e. The number of nitrogens with one attached hydrogen (secondary N) is 1. The summed E-state index contributed by atoms with van der Waals surface area (Å²) < 4.78 is 7.69. The number of aromatic nitrogens is 2. The van der Waals surface area contributed by atoms with Gasteiger partial charge in [0.2, 0.25) is 17.8 Å². The van der Waals surface area contributed by atoms with Gasteiger partial charge in [-0.05, 0) is 74.9 Å². The van der Waals surface area contributed by atoms with Gasteiger partial charge < -0.3 is 9.64 Å². The summed E-state index contributed by atoms with van der Waals surface area (Å²) in [5.74, 6) is 0.201. The number of hydrogen-bond donors (Lipinski definition) is 1. The summed E-state index contributed by atoms with van der Waals surface area (Å²) in [5, 5.41) is 3.64. The Morgan fingerprint density at radius 2 is 1.82 bits per heavy atom. The van der Waals surface area contributed by atoms with E-state index in [1.165, 1.54) is 5.56 Å². The SMILES string of the molecule is Cc1ccc(-n2cc(-c3ccc(Cl)cc3)nc2NC(=O)CN(CC2CCCO2)C(=O)C2CCCC2)cc1C. The molecule has 1 aliphatic carbocycles. The predicted octanol–water partition coefficient (Wildman–Crippen LogP) is 5.95. The van der Waals surface area contributed by atoms with Gasteiger partial charge in [-0.15, -0.1) is 0 Å². The maximum Gasteiger partial charge on any atom is 0.246 e. The van der Waals surface area contributed by atoms with Crippen molar-refractivity contribution in [3.05, 3.63) is 64.8 Å². The molecule has 1 N–H and O–H groups in total. The Hall–Kier alpha value is -3.16. The standard InChI is InChI=1S/C30H35ClN4O3/c1-20-9-14-25(16-21(20)2)35-18-27(22-10-12-24(31)13-11-22)32-30(35)33-28(36)19-34(17-26-8-5-15-38-26)29(37)23-6-3-4-7-23/h9-14,16,18,23,26H,3-8,15,17,19H2,1-2H3,(H,32,33,36). The van der Waals surface area contributed by atoms with Crippen molar-refractivity contribution in [2.24, 2.45) is 5.92 Å². The van der Waals surface area contributed by atoms with Crippen LogP contribution in [0.1, 0.15) is 49.7 Å². The Balaban J connectivity index is 1.40. The molecule has 0 bridgehead atoms. The molecule has 2 heterocycles. The second-order valence-electron chi connectivity index (χ2n) is 10.5. The quantitative estimate of drug-likeness (QED) is 0.387. The monoisotopic (exact) mass is 534 g/mol. The van der Waals surface area contributed by atoms with Crippen LogP contribution in [0.2, 0.25) is 5.02 Å². The number of aryl methyl sites for hydroxylation is 2. The summed E-state index contributed by atoms with van der Waals surface area (Å²) in [4.78, 5) is 33.2. The lowest BCUT2D eigenvalue weighted by Gasteiger charge is -2.27. The molecule has 2 fully saturated rings. The van der Waals surface area contributed by atoms with Crippen LogP contribution in [0, 0.1) is 19.8 Å². The van der Waals surface area contributed by atoms with E-state index in [9.17, 15) is 9.59 Å². The summed E-state index contributed by atoms with van der Waals surface area (Å²) in [7, 11) is 0. The number of ether oxygens (including phenoxy) is 1. The van der Waals surface area contributed by atoms with E-state index in [-0.39, 0.29) is 30.4 Å². The summed E-state index contributed by atoms with van der Waals surface area (Å²) in [6.07, 6.45) is 7.72. The van der Waals surface area contributed by atoms with Gasteiger partial charge in [0.15, 0.2) is 0 Å². The van der Waals surface area contributed by atoms with Crippen LogP contribution >= 0.6 is 11.6 Å². The number of anilines is 1. The lowest BCUT2D eigenvalue weighted by atomic mass is 10.1. The van der Waals surface area contributed by atoms with Crippen LogP contribution in [0.4, 0.5) is 5.95 Å². The third-order valence-electron chi connectivity index (χ3n) is 7.66. The Kier molecular flexibility index (Phi) is 8.15. The molecule has 8 heteroatoms. The molecule has 1 saturated carbocycles. The van der Waals surface area contributed by atoms with Crippen molar-refractivity contribution in [3.63, 3.8) is 0 Å². The van der Waals surface area contributed by atoms with Gasteiger partial charge in [0.1, 0.15) is 6.54 Å². The third kappa shape index (κ3) is 6.11. The maximum absolute atomic E-state index is 13.4. The van der Waals surface area contributed by atoms with Crippen molar-refractivity contribution in [2.75, 3.05) is 25.0 Å². The summed E-state index contributed by atoms with van der Waals surface area (Å²) in [6.45, 7) is 5.27. The predicted molar refractivity (Wildman–Crippen MR) is 150 cm³/mol. The highest BCUT2D eigenvalue weighted by atomic mass is 35.5. The molecule has 7 nitrogen and oxygen atoms in total. The maximum atomic E-state index is 13.4. The molecule has 2 aromatic carbocycles. The first-order chi connectivity index (χ1) is 18.4. The molecule has 1 unspecified atom stereocenters. The van der Waals surface area contributed by atoms with Gasteiger partial charge in [0, 0.05) is 41.5 Å². The van der Waals surface area contributed by atoms with Crippen molar-refractivity contribution in [1.82, 2.24) is 14.5 Å². The first-order valence-corrected chi connectivity index (χ1v) is 13.9. The average Bonchev–Trinajstić information content (AvgIpc) is 3.68. The molecule has 200 valence electrons. The molecule has 5 rings (SSSR count). The van der Waals surface area contributed by atoms with E-state index in [4.69, 9.17) is 21.3 Å². The first kappa shape index (κ1) is 26.4. The van der Waals surface area contributed by atoms with Crippen LogP contribution in [-0.2, 0) is 14.3 Å². The molecule has 0 radical (unpaired) electrons. The van der Waals surface area contributed by atoms with Crippen LogP contribution in [0.5, 0.6) is 0 Å². The average molecular weight is 535 g/mol. The third-order valence-corrected chi connectivity index (χ3v) is 7.92. The molecule has 1 atom stereocenters. The van der Waals surface area contributed by atoms with Gasteiger partial charge >= 0.3 is 0 Å². The topological polar surface area (TPSA) is 76.5 Å². The Labute approximate surface area is 229 Å². The van der Waals surface area contributed by atoms with Gasteiger partial charge in [-0.1, -0.05) is 42.6 Å². The zero-order valence-corrected chi connectivity index (χ0v) is 22.8. The normalized spacial score (nSPS) is 17.6. The van der Waals surface area contributed by atoms with E-state index in [0.717, 1.165) is 55.3 Å². The number of carbonyl (C=O) groups excluding carboxylic acids is 2. The molecule has 0 spiro atoms. The molecule has 3 aromatic rings. The number of halogens is 1. The summed E-state index contributed by atoms with van der Waals surface area (Å²) in [6, 6.07) is 13.6. The van der Waals surface area contributed by atoms with Crippen molar-refractivity contribution in [3.8, 4) is 16.9 Å². The van der Waals surface area contributed by atoms with Crippen molar-refractivity contribution < 1.29 is 14.3 Å². The van der Waals surface area contributed by atoms with E-state index < -0.39 is 0 Å². The van der Waals surface area contributed by atoms with Crippen LogP contribution in [0.3, 0.4) is 0 Å². The number of amides is 2. The minimum atomic E-state index is -0.271. The molecule has 1 aromatic heterocycles. The second-order valence-corrected chi connectivity index (χ2v) is 10.9. The van der Waals surface area contributed by atoms with Gasteiger partial charge in [0.25, 0.3) is 0 Å². The number of imidazole rings is 1. The zero-order valence-electron chi connectivity index (χ0n) is 22.1. The Bertz CT molecular complexity index is 1290. The van der Waals surface area contributed by atoms with E-state index in [2.05, 4.69) is 31.3 Å². The molecule has 2 amide bonds. The van der Waals surface area contributed by atoms with E-state index >= 15 is 0 Å². The highest BCUT2D eigenvalue weighted by Gasteiger charge is 2.31. The molecule has 38 heavy (non-hydrogen) atoms. The Morgan fingerprint density at radius 1 is 1.05 bits per heavy atom. The van der Waals surface area contributed by atoms with Gasteiger partial charge in [-0.25, -0.2) is 4.98 Å². The number of hydrogen-bond acceptors (Lipinski definition) is 4. The number of benzene rings is 2. The second kappa shape index (κ2) is 11.7. The number of nitrogens with zero attached hydrogens (tertiary/aromatic N) is 3. The highest BCUT2D eigenvalue weighted by Crippen LogP contribution is 2.29. The lowest BCUT2D eigenvalue weighted by molar-refractivity contribution is -0.139. The van der Waals surface area contributed by atoms with E-state index in [0.29, 0.717) is 29.8 Å². The fourth-order valence-electron chi connectivity index (χ4n) is 5.34. The van der Waals surface area contributed by atoms with Gasteiger partial charge in [-0.2, -0.15) is 0 Å². The molecule has 1 saturated heterocycles. The van der Waals surface area contributed by atoms with E-state index in [1.807, 2.05) is 41.1 Å². The number of rotatable bonds is 8. The highest BCUT2D eigenvalue weighted by molar-refractivity contribution is 6.30. The molecular weight excluding hydrogens is 500 g/mol. The summed E-state index contributed by atoms with van der Waals surface area (Å²) in [5.41, 5.74) is 4.84. The van der Waals surface area contributed by atoms with Crippen molar-refractivity contribution >= 4 is 29.4 Å². The van der Waals surface area contributed by atoms with Crippen LogP contribution < -0.4 is 5.32 Å². The van der Waals surface area contributed by atoms with Crippen LogP contribution in [-0.4, -0.2) is 52.1 Å². The van der Waals surface area contributed by atoms with Crippen LogP contribution in [0.15, 0.2) is 48.7 Å². The fraction of sp³-hybridized carbons (Fsp3) is 0.433. The minimum absolute atomic E-state index is 0.00164. The van der Waals surface area contributed by atoms with Gasteiger partial charge in [0.05, 0.1) is 11.8 Å². The Morgan fingerprint density at radius 3 is 2.50 bits per heavy atom. The summed E-state index contributed by atoms with van der Waals surface area (Å²) >= 11 is 6.09. The van der Waals surface area contributed by atoms with Gasteiger partial charge in [-0.3, -0.25) is 19.5 Å². The molecular formula is C30H35ClN4O3. The fourth-order valence-corrected chi connectivity index (χ4v) is 5.46. The first-order valence-electron chi connectivity index (χ1n) is 13.5. The largest absolute Gasteiger partial charge is 0.376 e. The number of carbonyl (C=O) groups is 2. The smallest absolute Gasteiger partial charge is 0.246 e. The molecule has 2 aliphatic rings. The van der Waals surface area contributed by atoms with Crippen LogP contribution in [0.25, 0.3) is 16.9 Å². The molecule has 1 aliphatic heterocycles. The lowest BCUT2D eigenvalue weighted by Crippen LogP contribution is -2.44.